The fraction of sp³-hybridized carbons (Fsp3) is 0.261. The van der Waals surface area contributed by atoms with Gasteiger partial charge in [0.05, 0.1) is 24.2 Å². The number of quaternary nitrogens is 1. The molecule has 0 spiro atoms. The van der Waals surface area contributed by atoms with Crippen LogP contribution in [0.5, 0.6) is 11.5 Å². The van der Waals surface area contributed by atoms with Gasteiger partial charge in [0.15, 0.2) is 11.5 Å². The summed E-state index contributed by atoms with van der Waals surface area (Å²) in [5.74, 6) is 0.911. The topological polar surface area (TPSA) is 51.0 Å². The van der Waals surface area contributed by atoms with Gasteiger partial charge < -0.3 is 14.7 Å². The lowest BCUT2D eigenvalue weighted by Crippen LogP contribution is -3.11. The minimum atomic E-state index is -0.127. The summed E-state index contributed by atoms with van der Waals surface area (Å²) in [5, 5.41) is 10.4. The first-order valence-electron chi connectivity index (χ1n) is 9.57. The van der Waals surface area contributed by atoms with Crippen molar-refractivity contribution >= 4 is 11.9 Å². The molecule has 0 aliphatic carbocycles. The van der Waals surface area contributed by atoms with Crippen LogP contribution in [0.15, 0.2) is 60.4 Å². The summed E-state index contributed by atoms with van der Waals surface area (Å²) in [6, 6.07) is 13.2. The first-order chi connectivity index (χ1) is 13.2. The van der Waals surface area contributed by atoms with Gasteiger partial charge in [-0.2, -0.15) is 0 Å². The standard InChI is InChI=1S/C23H23NO3/c25-20-13-12-18-22(26)21(11-7-10-17-8-3-1-4-9-17)27-23(18)19(20)16-24-14-5-2-6-15-24/h1,3-4,7-13,25H,2,5-6,14-16H2/p+1. The van der Waals surface area contributed by atoms with Gasteiger partial charge in [-0.3, -0.25) is 4.79 Å². The number of hydrogen-bond donors (Lipinski definition) is 2. The number of hydrogen-bond acceptors (Lipinski definition) is 3. The van der Waals surface area contributed by atoms with Gasteiger partial charge in [-0.1, -0.05) is 42.5 Å². The minimum Gasteiger partial charge on any atom is -0.507 e. The van der Waals surface area contributed by atoms with Gasteiger partial charge >= 0.3 is 0 Å². The summed E-state index contributed by atoms with van der Waals surface area (Å²) in [5.41, 5.74) is 2.34. The summed E-state index contributed by atoms with van der Waals surface area (Å²) in [6.07, 6.45) is 9.15. The molecule has 0 amide bonds. The Kier molecular flexibility index (Phi) is 5.07. The average Bonchev–Trinajstić information content (AvgIpc) is 3.02. The van der Waals surface area contributed by atoms with Gasteiger partial charge in [0.1, 0.15) is 12.3 Å². The number of nitrogens with one attached hydrogen (secondary N) is 1. The summed E-state index contributed by atoms with van der Waals surface area (Å²) < 4.78 is 5.90. The Bertz CT molecular complexity index is 893. The highest BCUT2D eigenvalue weighted by molar-refractivity contribution is 6.12. The Morgan fingerprint density at radius 3 is 2.59 bits per heavy atom. The van der Waals surface area contributed by atoms with Crippen molar-refractivity contribution in [1.82, 2.24) is 0 Å². The monoisotopic (exact) mass is 362 g/mol. The SMILES string of the molecule is O=C1C(=CC=Cc2ccccc2)Oc2c1ccc(O)c2C[NH+]1CCCCC1. The normalized spacial score (nSPS) is 18.8. The van der Waals surface area contributed by atoms with Crippen molar-refractivity contribution in [3.05, 3.63) is 77.1 Å². The second kappa shape index (κ2) is 7.80. The number of ether oxygens (including phenoxy) is 1. The number of benzene rings is 2. The number of rotatable bonds is 4. The van der Waals surface area contributed by atoms with E-state index in [1.54, 1.807) is 18.2 Å². The molecule has 2 aromatic rings. The minimum absolute atomic E-state index is 0.127. The van der Waals surface area contributed by atoms with Crippen LogP contribution in [0, 0.1) is 0 Å². The first-order valence-corrected chi connectivity index (χ1v) is 9.57. The molecule has 2 heterocycles. The zero-order chi connectivity index (χ0) is 18.6. The Balaban J connectivity index is 1.56. The van der Waals surface area contributed by atoms with Crippen molar-refractivity contribution in [2.45, 2.75) is 25.8 Å². The van der Waals surface area contributed by atoms with Gasteiger partial charge in [-0.15, -0.1) is 0 Å². The molecule has 27 heavy (non-hydrogen) atoms. The fourth-order valence-electron chi connectivity index (χ4n) is 3.77. The highest BCUT2D eigenvalue weighted by Gasteiger charge is 2.32. The van der Waals surface area contributed by atoms with E-state index in [-0.39, 0.29) is 11.5 Å². The van der Waals surface area contributed by atoms with Crippen molar-refractivity contribution in [1.29, 1.82) is 0 Å². The zero-order valence-electron chi connectivity index (χ0n) is 15.3. The lowest BCUT2D eigenvalue weighted by molar-refractivity contribution is -0.918. The van der Waals surface area contributed by atoms with E-state index in [1.807, 2.05) is 42.5 Å². The Morgan fingerprint density at radius 1 is 1.04 bits per heavy atom. The van der Waals surface area contributed by atoms with Crippen molar-refractivity contribution < 1.29 is 19.5 Å². The number of likely N-dealkylation sites (tertiary alicyclic amines) is 1. The summed E-state index contributed by atoms with van der Waals surface area (Å²) in [7, 11) is 0. The Morgan fingerprint density at radius 2 is 1.81 bits per heavy atom. The molecule has 2 aliphatic rings. The predicted octanol–water partition coefficient (Wildman–Crippen LogP) is 3.13. The quantitative estimate of drug-likeness (QED) is 0.822. The molecular formula is C23H24NO3+. The fourth-order valence-corrected chi connectivity index (χ4v) is 3.77. The van der Waals surface area contributed by atoms with Crippen LogP contribution in [0.3, 0.4) is 0 Å². The maximum atomic E-state index is 12.7. The zero-order valence-corrected chi connectivity index (χ0v) is 15.3. The molecule has 1 saturated heterocycles. The molecule has 2 aliphatic heterocycles. The number of allylic oxidation sites excluding steroid dienone is 3. The summed E-state index contributed by atoms with van der Waals surface area (Å²) >= 11 is 0. The highest BCUT2D eigenvalue weighted by atomic mass is 16.5. The highest BCUT2D eigenvalue weighted by Crippen LogP contribution is 2.38. The van der Waals surface area contributed by atoms with Crippen molar-refractivity contribution in [2.75, 3.05) is 13.1 Å². The molecule has 2 N–H and O–H groups in total. The second-order valence-corrected chi connectivity index (χ2v) is 7.16. The van der Waals surface area contributed by atoms with Crippen LogP contribution < -0.4 is 9.64 Å². The van der Waals surface area contributed by atoms with E-state index in [1.165, 1.54) is 24.2 Å². The van der Waals surface area contributed by atoms with Crippen LogP contribution in [0.2, 0.25) is 0 Å². The molecule has 4 rings (SSSR count). The molecule has 0 atom stereocenters. The number of piperidine rings is 1. The maximum Gasteiger partial charge on any atom is 0.231 e. The van der Waals surface area contributed by atoms with Gasteiger partial charge in [-0.25, -0.2) is 0 Å². The Labute approximate surface area is 159 Å². The van der Waals surface area contributed by atoms with Crippen LogP contribution in [0.1, 0.15) is 40.7 Å². The first kappa shape index (κ1) is 17.6. The number of carbonyl (C=O) groups is 1. The number of phenols is 1. The molecule has 4 nitrogen and oxygen atoms in total. The number of ketones is 1. The van der Waals surface area contributed by atoms with Crippen molar-refractivity contribution in [3.63, 3.8) is 0 Å². The number of carbonyl (C=O) groups excluding carboxylic acids is 1. The van der Waals surface area contributed by atoms with E-state index in [0.29, 0.717) is 23.6 Å². The van der Waals surface area contributed by atoms with E-state index < -0.39 is 0 Å². The molecule has 138 valence electrons. The van der Waals surface area contributed by atoms with Crippen molar-refractivity contribution in [3.8, 4) is 11.5 Å². The van der Waals surface area contributed by atoms with E-state index in [0.717, 1.165) is 24.2 Å². The van der Waals surface area contributed by atoms with E-state index >= 15 is 0 Å². The van der Waals surface area contributed by atoms with Crippen LogP contribution in [0.25, 0.3) is 6.08 Å². The van der Waals surface area contributed by atoms with Gasteiger partial charge in [-0.05, 0) is 43.0 Å². The molecule has 0 bridgehead atoms. The number of aromatic hydroxyl groups is 1. The molecule has 1 fully saturated rings. The molecule has 0 radical (unpaired) electrons. The summed E-state index contributed by atoms with van der Waals surface area (Å²) in [6.45, 7) is 2.88. The summed E-state index contributed by atoms with van der Waals surface area (Å²) in [4.78, 5) is 14.1. The van der Waals surface area contributed by atoms with Gasteiger partial charge in [0.2, 0.25) is 5.78 Å². The molecule has 0 aromatic heterocycles. The predicted molar refractivity (Wildman–Crippen MR) is 105 cm³/mol. The average molecular weight is 362 g/mol. The molecule has 2 aromatic carbocycles. The third-order valence-corrected chi connectivity index (χ3v) is 5.24. The third-order valence-electron chi connectivity index (χ3n) is 5.24. The van der Waals surface area contributed by atoms with Gasteiger partial charge in [0.25, 0.3) is 0 Å². The van der Waals surface area contributed by atoms with Crippen LogP contribution in [-0.2, 0) is 6.54 Å². The molecular weight excluding hydrogens is 338 g/mol. The second-order valence-electron chi connectivity index (χ2n) is 7.16. The Hall–Kier alpha value is -2.85. The largest absolute Gasteiger partial charge is 0.507 e. The number of phenolic OH excluding ortho intramolecular Hbond substituents is 1. The van der Waals surface area contributed by atoms with Crippen LogP contribution in [0.4, 0.5) is 0 Å². The smallest absolute Gasteiger partial charge is 0.231 e. The number of fused-ring (bicyclic) bond motifs is 1. The van der Waals surface area contributed by atoms with Crippen molar-refractivity contribution in [2.24, 2.45) is 0 Å². The lowest BCUT2D eigenvalue weighted by atomic mass is 10.0. The molecule has 0 unspecified atom stereocenters. The maximum absolute atomic E-state index is 12.7. The lowest BCUT2D eigenvalue weighted by Gasteiger charge is -2.24. The number of Topliss-reactive ketones (excluding diaryl/α,β-unsaturated/α-hetero) is 1. The van der Waals surface area contributed by atoms with E-state index in [4.69, 9.17) is 4.74 Å². The third kappa shape index (κ3) is 3.81. The van der Waals surface area contributed by atoms with Crippen LogP contribution >= 0.6 is 0 Å². The van der Waals surface area contributed by atoms with E-state index in [2.05, 4.69) is 0 Å². The van der Waals surface area contributed by atoms with Crippen LogP contribution in [-0.4, -0.2) is 24.0 Å². The van der Waals surface area contributed by atoms with Gasteiger partial charge in [0, 0.05) is 0 Å². The molecule has 4 heteroatoms. The van der Waals surface area contributed by atoms with E-state index in [9.17, 15) is 9.90 Å². The molecule has 0 saturated carbocycles.